The largest absolute Gasteiger partial charge is 0.497 e. The number of carbonyl (C=O) groups excluding carboxylic acids is 1. The van der Waals surface area contributed by atoms with Crippen molar-refractivity contribution in [1.29, 1.82) is 0 Å². The number of methoxy groups -OCH3 is 1. The molecule has 0 aliphatic rings. The van der Waals surface area contributed by atoms with Gasteiger partial charge in [0, 0.05) is 10.7 Å². The van der Waals surface area contributed by atoms with Crippen LogP contribution >= 0.6 is 11.6 Å². The lowest BCUT2D eigenvalue weighted by molar-refractivity contribution is -0.114. The van der Waals surface area contributed by atoms with Crippen LogP contribution in [0.2, 0.25) is 5.02 Å². The van der Waals surface area contributed by atoms with Gasteiger partial charge in [0.1, 0.15) is 18.1 Å². The molecule has 41 heavy (non-hydrogen) atoms. The second-order valence-electron chi connectivity index (χ2n) is 8.81. The minimum Gasteiger partial charge on any atom is -0.497 e. The zero-order valence-electron chi connectivity index (χ0n) is 21.8. The Balaban J connectivity index is 1.53. The Morgan fingerprint density at radius 2 is 1.44 bits per heavy atom. The third kappa shape index (κ3) is 7.15. The number of rotatable bonds is 10. The number of nitrogens with one attached hydrogen (secondary N) is 2. The van der Waals surface area contributed by atoms with Crippen molar-refractivity contribution in [3.8, 4) is 5.75 Å². The Bertz CT molecular complexity index is 1770. The van der Waals surface area contributed by atoms with Crippen LogP contribution in [0.5, 0.6) is 5.75 Å². The van der Waals surface area contributed by atoms with Crippen molar-refractivity contribution >= 4 is 54.6 Å². The highest BCUT2D eigenvalue weighted by atomic mass is 35.5. The molecule has 0 aliphatic heterocycles. The maximum Gasteiger partial charge on any atom is 0.264 e. The van der Waals surface area contributed by atoms with Crippen molar-refractivity contribution in [2.75, 3.05) is 28.0 Å². The smallest absolute Gasteiger partial charge is 0.264 e. The van der Waals surface area contributed by atoms with Crippen molar-refractivity contribution in [3.05, 3.63) is 107 Å². The van der Waals surface area contributed by atoms with E-state index >= 15 is 0 Å². The van der Waals surface area contributed by atoms with E-state index in [2.05, 4.69) is 10.0 Å². The molecule has 0 saturated carbocycles. The summed E-state index contributed by atoms with van der Waals surface area (Å²) in [5.41, 5.74) is 1.50. The SMILES string of the molecule is COc1ccc(N(CC(=O)Nc2ccc(S(=O)(=O)Nc3ccc(C)c(Cl)c3)cc2)S(=O)(=O)c2ccc(F)cc2)cc1. The van der Waals surface area contributed by atoms with Crippen LogP contribution in [0.15, 0.2) is 101 Å². The number of carbonyl (C=O) groups is 1. The van der Waals surface area contributed by atoms with Gasteiger partial charge in [-0.2, -0.15) is 0 Å². The standard InChI is InChI=1S/C28H25ClFN3O6S2/c1-19-3-6-22(17-27(19)29)32-40(35,36)25-15-7-21(8-16-25)31-28(34)18-33(23-9-11-24(39-2)12-10-23)41(37,38)26-13-4-20(30)5-14-26/h3-17,32H,18H2,1-2H3,(H,31,34). The van der Waals surface area contributed by atoms with Gasteiger partial charge in [-0.05, 0) is 97.4 Å². The molecule has 4 aromatic carbocycles. The Morgan fingerprint density at radius 1 is 0.854 bits per heavy atom. The maximum atomic E-state index is 13.4. The Labute approximate surface area is 242 Å². The third-order valence-corrected chi connectivity index (χ3v) is 9.51. The summed E-state index contributed by atoms with van der Waals surface area (Å²) in [6.45, 7) is 1.17. The highest BCUT2D eigenvalue weighted by molar-refractivity contribution is 7.93. The molecule has 214 valence electrons. The quantitative estimate of drug-likeness (QED) is 0.245. The molecule has 13 heteroatoms. The summed E-state index contributed by atoms with van der Waals surface area (Å²) >= 11 is 6.08. The molecule has 0 heterocycles. The van der Waals surface area contributed by atoms with Crippen LogP contribution in [-0.2, 0) is 24.8 Å². The number of benzene rings is 4. The topological polar surface area (TPSA) is 122 Å². The number of ether oxygens (including phenoxy) is 1. The predicted octanol–water partition coefficient (Wildman–Crippen LogP) is 5.43. The average molecular weight is 618 g/mol. The van der Waals surface area contributed by atoms with E-state index in [0.717, 1.165) is 34.1 Å². The molecule has 0 saturated heterocycles. The molecule has 0 bridgehead atoms. The first-order chi connectivity index (χ1) is 19.4. The van der Waals surface area contributed by atoms with E-state index in [1.54, 1.807) is 19.1 Å². The van der Waals surface area contributed by atoms with Gasteiger partial charge in [0.25, 0.3) is 20.0 Å². The molecule has 4 rings (SSSR count). The van der Waals surface area contributed by atoms with Gasteiger partial charge in [-0.3, -0.25) is 13.8 Å². The van der Waals surface area contributed by atoms with Gasteiger partial charge >= 0.3 is 0 Å². The second kappa shape index (κ2) is 12.2. The van der Waals surface area contributed by atoms with Crippen molar-refractivity contribution in [2.24, 2.45) is 0 Å². The summed E-state index contributed by atoms with van der Waals surface area (Å²) < 4.78 is 74.4. The first-order valence-electron chi connectivity index (χ1n) is 12.0. The predicted molar refractivity (Wildman–Crippen MR) is 156 cm³/mol. The lowest BCUT2D eigenvalue weighted by atomic mass is 10.2. The van der Waals surface area contributed by atoms with Crippen LogP contribution < -0.4 is 19.1 Å². The molecule has 0 fully saturated rings. The first-order valence-corrected chi connectivity index (χ1v) is 15.3. The molecule has 0 spiro atoms. The number of hydrogen-bond donors (Lipinski definition) is 2. The normalized spacial score (nSPS) is 11.5. The minimum absolute atomic E-state index is 0.0639. The summed E-state index contributed by atoms with van der Waals surface area (Å²) in [5, 5.41) is 2.99. The molecule has 0 aromatic heterocycles. The molecular formula is C28H25ClFN3O6S2. The van der Waals surface area contributed by atoms with Gasteiger partial charge in [0.2, 0.25) is 5.91 Å². The zero-order valence-corrected chi connectivity index (χ0v) is 24.2. The molecule has 0 unspecified atom stereocenters. The van der Waals surface area contributed by atoms with Gasteiger partial charge in [-0.1, -0.05) is 17.7 Å². The summed E-state index contributed by atoms with van der Waals surface area (Å²) in [7, 11) is -6.76. The van der Waals surface area contributed by atoms with Gasteiger partial charge in [0.05, 0.1) is 28.3 Å². The Hall–Kier alpha value is -4.13. The summed E-state index contributed by atoms with van der Waals surface area (Å²) in [4.78, 5) is 12.7. The third-order valence-electron chi connectivity index (χ3n) is 5.92. The Kier molecular flexibility index (Phi) is 8.86. The fraction of sp³-hybridized carbons (Fsp3) is 0.107. The molecule has 1 amide bonds. The molecule has 9 nitrogen and oxygen atoms in total. The van der Waals surface area contributed by atoms with E-state index in [9.17, 15) is 26.0 Å². The van der Waals surface area contributed by atoms with Crippen LogP contribution in [-0.4, -0.2) is 36.4 Å². The number of nitrogens with zero attached hydrogens (tertiary/aromatic N) is 1. The number of amides is 1. The monoisotopic (exact) mass is 617 g/mol. The summed E-state index contributed by atoms with van der Waals surface area (Å²) in [5.74, 6) is -0.831. The van der Waals surface area contributed by atoms with Gasteiger partial charge < -0.3 is 10.1 Å². The number of aryl methyl sites for hydroxylation is 1. The van der Waals surface area contributed by atoms with Crippen molar-refractivity contribution < 1.29 is 30.8 Å². The molecule has 0 radical (unpaired) electrons. The fourth-order valence-electron chi connectivity index (χ4n) is 3.72. The van der Waals surface area contributed by atoms with Crippen LogP contribution in [0, 0.1) is 12.7 Å². The van der Waals surface area contributed by atoms with Crippen molar-refractivity contribution in [3.63, 3.8) is 0 Å². The van der Waals surface area contributed by atoms with Crippen molar-refractivity contribution in [2.45, 2.75) is 16.7 Å². The van der Waals surface area contributed by atoms with Gasteiger partial charge in [-0.15, -0.1) is 0 Å². The zero-order chi connectivity index (χ0) is 29.8. The molecule has 4 aromatic rings. The van der Waals surface area contributed by atoms with Crippen molar-refractivity contribution in [1.82, 2.24) is 0 Å². The Morgan fingerprint density at radius 3 is 2.02 bits per heavy atom. The number of sulfonamides is 2. The van der Waals surface area contributed by atoms with Crippen LogP contribution in [0.4, 0.5) is 21.5 Å². The van der Waals surface area contributed by atoms with E-state index in [4.69, 9.17) is 16.3 Å². The first kappa shape index (κ1) is 29.8. The second-order valence-corrected chi connectivity index (χ2v) is 12.8. The molecule has 2 N–H and O–H groups in total. The minimum atomic E-state index is -4.27. The number of hydrogen-bond acceptors (Lipinski definition) is 6. The van der Waals surface area contributed by atoms with Crippen LogP contribution in [0.3, 0.4) is 0 Å². The highest BCUT2D eigenvalue weighted by Crippen LogP contribution is 2.27. The van der Waals surface area contributed by atoms with E-state index in [-0.39, 0.29) is 21.2 Å². The van der Waals surface area contributed by atoms with Gasteiger partial charge in [0.15, 0.2) is 0 Å². The maximum absolute atomic E-state index is 13.4. The lowest BCUT2D eigenvalue weighted by Crippen LogP contribution is -2.38. The van der Waals surface area contributed by atoms with E-state index in [0.29, 0.717) is 16.5 Å². The molecule has 0 atom stereocenters. The molecule has 0 aliphatic carbocycles. The lowest BCUT2D eigenvalue weighted by Gasteiger charge is -2.24. The number of anilines is 3. The fourth-order valence-corrected chi connectivity index (χ4v) is 6.37. The highest BCUT2D eigenvalue weighted by Gasteiger charge is 2.27. The summed E-state index contributed by atoms with van der Waals surface area (Å²) in [6.07, 6.45) is 0. The molecular weight excluding hydrogens is 593 g/mol. The van der Waals surface area contributed by atoms with Crippen LogP contribution in [0.25, 0.3) is 0 Å². The van der Waals surface area contributed by atoms with Crippen LogP contribution in [0.1, 0.15) is 5.56 Å². The average Bonchev–Trinajstić information content (AvgIpc) is 2.94. The number of halogens is 2. The summed E-state index contributed by atoms with van der Waals surface area (Å²) in [6, 6.07) is 20.4. The van der Waals surface area contributed by atoms with E-state index in [1.807, 2.05) is 0 Å². The van der Waals surface area contributed by atoms with E-state index in [1.165, 1.54) is 61.7 Å². The van der Waals surface area contributed by atoms with E-state index < -0.39 is 38.3 Å². The van der Waals surface area contributed by atoms with Gasteiger partial charge in [-0.25, -0.2) is 21.2 Å².